The van der Waals surface area contributed by atoms with Crippen molar-refractivity contribution in [2.45, 2.75) is 84.2 Å². The highest BCUT2D eigenvalue weighted by atomic mass is 15.0. The summed E-state index contributed by atoms with van der Waals surface area (Å²) in [5.74, 6) is 0.963. The summed E-state index contributed by atoms with van der Waals surface area (Å²) in [6, 6.07) is 1.54. The minimum Gasteiger partial charge on any atom is -0.311 e. The van der Waals surface area contributed by atoms with Crippen LogP contribution in [0.4, 0.5) is 0 Å². The zero-order valence-corrected chi connectivity index (χ0v) is 11.4. The Balaban J connectivity index is 1.79. The molecule has 1 heteroatoms. The maximum absolute atomic E-state index is 3.92. The first-order chi connectivity index (χ1) is 7.57. The van der Waals surface area contributed by atoms with Gasteiger partial charge in [-0.25, -0.2) is 0 Å². The molecule has 0 spiro atoms. The molecule has 2 saturated carbocycles. The molecule has 0 aliphatic heterocycles. The van der Waals surface area contributed by atoms with Gasteiger partial charge in [0, 0.05) is 12.1 Å². The maximum atomic E-state index is 3.92. The fourth-order valence-corrected chi connectivity index (χ4v) is 3.81. The van der Waals surface area contributed by atoms with Crippen LogP contribution in [0.1, 0.15) is 72.1 Å². The van der Waals surface area contributed by atoms with Gasteiger partial charge < -0.3 is 5.32 Å². The van der Waals surface area contributed by atoms with Gasteiger partial charge in [0.1, 0.15) is 0 Å². The van der Waals surface area contributed by atoms with E-state index in [4.69, 9.17) is 0 Å². The Hall–Kier alpha value is -0.0400. The van der Waals surface area contributed by atoms with E-state index in [1.807, 2.05) is 0 Å². The molecule has 94 valence electrons. The molecule has 1 nitrogen and oxygen atoms in total. The second-order valence-electron chi connectivity index (χ2n) is 6.96. The molecule has 2 fully saturated rings. The summed E-state index contributed by atoms with van der Waals surface area (Å²) in [6.45, 7) is 7.28. The second-order valence-corrected chi connectivity index (χ2v) is 6.96. The first-order valence-electron chi connectivity index (χ1n) is 7.33. The van der Waals surface area contributed by atoms with E-state index in [0.717, 1.165) is 18.0 Å². The summed E-state index contributed by atoms with van der Waals surface area (Å²) in [5.41, 5.74) is 0.575. The Labute approximate surface area is 101 Å². The molecule has 0 saturated heterocycles. The van der Waals surface area contributed by atoms with Crippen molar-refractivity contribution in [2.24, 2.45) is 11.3 Å². The summed E-state index contributed by atoms with van der Waals surface area (Å²) < 4.78 is 0. The third-order valence-corrected chi connectivity index (χ3v) is 4.81. The number of hydrogen-bond acceptors (Lipinski definition) is 1. The Bertz CT molecular complexity index is 215. The topological polar surface area (TPSA) is 12.0 Å². The third-order valence-electron chi connectivity index (χ3n) is 4.81. The van der Waals surface area contributed by atoms with Gasteiger partial charge in [0.15, 0.2) is 0 Å². The Morgan fingerprint density at radius 3 is 2.38 bits per heavy atom. The smallest absolute Gasteiger partial charge is 0.00747 e. The van der Waals surface area contributed by atoms with Crippen molar-refractivity contribution in [2.75, 3.05) is 0 Å². The van der Waals surface area contributed by atoms with E-state index in [9.17, 15) is 0 Å². The predicted octanol–water partition coefficient (Wildman–Crippen LogP) is 4.12. The van der Waals surface area contributed by atoms with Gasteiger partial charge >= 0.3 is 0 Å². The lowest BCUT2D eigenvalue weighted by Gasteiger charge is -2.38. The van der Waals surface area contributed by atoms with Gasteiger partial charge in [-0.3, -0.25) is 0 Å². The van der Waals surface area contributed by atoms with Crippen molar-refractivity contribution in [3.63, 3.8) is 0 Å². The van der Waals surface area contributed by atoms with E-state index in [0.29, 0.717) is 5.41 Å². The van der Waals surface area contributed by atoms with Crippen molar-refractivity contribution in [3.8, 4) is 0 Å². The second kappa shape index (κ2) is 5.08. The van der Waals surface area contributed by atoms with Gasteiger partial charge in [-0.05, 0) is 50.4 Å². The van der Waals surface area contributed by atoms with Crippen molar-refractivity contribution < 1.29 is 0 Å². The van der Waals surface area contributed by atoms with Crippen LogP contribution < -0.4 is 5.32 Å². The molecule has 0 heterocycles. The minimum atomic E-state index is 0.575. The van der Waals surface area contributed by atoms with Crippen LogP contribution >= 0.6 is 0 Å². The number of hydrogen-bond donors (Lipinski definition) is 1. The molecule has 0 aromatic carbocycles. The third kappa shape index (κ3) is 3.23. The first-order valence-corrected chi connectivity index (χ1v) is 7.33. The normalized spacial score (nSPS) is 32.8. The van der Waals surface area contributed by atoms with E-state index < -0.39 is 0 Å². The number of nitrogens with one attached hydrogen (secondary N) is 1. The van der Waals surface area contributed by atoms with Crippen LogP contribution in [-0.2, 0) is 0 Å². The monoisotopic (exact) mass is 223 g/mol. The summed E-state index contributed by atoms with van der Waals surface area (Å²) in [5, 5.41) is 3.92. The Kier molecular flexibility index (Phi) is 3.94. The SMILES string of the molecule is C[C@@H](NC1CCCC(C)(C)C1)C1CCCC1. The quantitative estimate of drug-likeness (QED) is 0.759. The summed E-state index contributed by atoms with van der Waals surface area (Å²) in [4.78, 5) is 0. The van der Waals surface area contributed by atoms with Gasteiger partial charge in [0.2, 0.25) is 0 Å². The summed E-state index contributed by atoms with van der Waals surface area (Å²) >= 11 is 0. The van der Waals surface area contributed by atoms with Gasteiger partial charge in [-0.2, -0.15) is 0 Å². The zero-order chi connectivity index (χ0) is 11.6. The molecule has 0 aromatic heterocycles. The van der Waals surface area contributed by atoms with Crippen LogP contribution in [-0.4, -0.2) is 12.1 Å². The molecule has 2 atom stereocenters. The lowest BCUT2D eigenvalue weighted by Crippen LogP contribution is -2.44. The molecule has 2 aliphatic rings. The molecule has 16 heavy (non-hydrogen) atoms. The molecular weight excluding hydrogens is 194 g/mol. The van der Waals surface area contributed by atoms with Crippen molar-refractivity contribution >= 4 is 0 Å². The van der Waals surface area contributed by atoms with E-state index >= 15 is 0 Å². The van der Waals surface area contributed by atoms with Crippen LogP contribution in [0.5, 0.6) is 0 Å². The highest BCUT2D eigenvalue weighted by Gasteiger charge is 2.30. The Morgan fingerprint density at radius 1 is 1.06 bits per heavy atom. The molecule has 0 aromatic rings. The van der Waals surface area contributed by atoms with Crippen molar-refractivity contribution in [1.82, 2.24) is 5.32 Å². The fourth-order valence-electron chi connectivity index (χ4n) is 3.81. The molecule has 2 rings (SSSR count). The van der Waals surface area contributed by atoms with Gasteiger partial charge in [0.25, 0.3) is 0 Å². The highest BCUT2D eigenvalue weighted by Crippen LogP contribution is 2.36. The molecular formula is C15H29N. The van der Waals surface area contributed by atoms with E-state index in [1.54, 1.807) is 0 Å². The fraction of sp³-hybridized carbons (Fsp3) is 1.00. The van der Waals surface area contributed by atoms with Crippen LogP contribution in [0, 0.1) is 11.3 Å². The van der Waals surface area contributed by atoms with Gasteiger partial charge in [-0.15, -0.1) is 0 Å². The zero-order valence-electron chi connectivity index (χ0n) is 11.4. The molecule has 0 bridgehead atoms. The minimum absolute atomic E-state index is 0.575. The summed E-state index contributed by atoms with van der Waals surface area (Å²) in [7, 11) is 0. The van der Waals surface area contributed by atoms with Gasteiger partial charge in [0.05, 0.1) is 0 Å². The average Bonchev–Trinajstić information content (AvgIpc) is 2.68. The standard InChI is InChI=1S/C15H29N/c1-12(13-7-4-5-8-13)16-14-9-6-10-15(2,3)11-14/h12-14,16H,4-11H2,1-3H3/t12-,14?/m1/s1. The number of rotatable bonds is 3. The maximum Gasteiger partial charge on any atom is 0.00747 e. The molecule has 0 radical (unpaired) electrons. The van der Waals surface area contributed by atoms with E-state index in [2.05, 4.69) is 26.1 Å². The van der Waals surface area contributed by atoms with Crippen LogP contribution in [0.3, 0.4) is 0 Å². The molecule has 1 N–H and O–H groups in total. The van der Waals surface area contributed by atoms with Gasteiger partial charge in [-0.1, -0.05) is 33.1 Å². The molecule has 0 amide bonds. The first kappa shape index (κ1) is 12.4. The lowest BCUT2D eigenvalue weighted by atomic mass is 9.75. The molecule has 2 aliphatic carbocycles. The summed E-state index contributed by atoms with van der Waals surface area (Å²) in [6.07, 6.45) is 11.5. The van der Waals surface area contributed by atoms with Crippen molar-refractivity contribution in [3.05, 3.63) is 0 Å². The predicted molar refractivity (Wildman–Crippen MR) is 70.6 cm³/mol. The highest BCUT2D eigenvalue weighted by molar-refractivity contribution is 4.87. The van der Waals surface area contributed by atoms with Crippen LogP contribution in [0.25, 0.3) is 0 Å². The lowest BCUT2D eigenvalue weighted by molar-refractivity contribution is 0.180. The average molecular weight is 223 g/mol. The largest absolute Gasteiger partial charge is 0.311 e. The van der Waals surface area contributed by atoms with E-state index in [1.165, 1.54) is 51.4 Å². The van der Waals surface area contributed by atoms with Crippen LogP contribution in [0.2, 0.25) is 0 Å². The molecule has 1 unspecified atom stereocenters. The van der Waals surface area contributed by atoms with E-state index in [-0.39, 0.29) is 0 Å². The van der Waals surface area contributed by atoms with Crippen LogP contribution in [0.15, 0.2) is 0 Å². The Morgan fingerprint density at radius 2 is 1.75 bits per heavy atom. The van der Waals surface area contributed by atoms with Crippen molar-refractivity contribution in [1.29, 1.82) is 0 Å².